The lowest BCUT2D eigenvalue weighted by Gasteiger charge is -2.31. The number of rotatable bonds is 6. The maximum Gasteiger partial charge on any atom is 0.257 e. The minimum absolute atomic E-state index is 0.0683. The van der Waals surface area contributed by atoms with Crippen LogP contribution in [0.4, 0.5) is 0 Å². The fourth-order valence-electron chi connectivity index (χ4n) is 2.93. The number of furan rings is 1. The van der Waals surface area contributed by atoms with E-state index in [9.17, 15) is 4.79 Å². The molecule has 1 fully saturated rings. The fourth-order valence-corrected chi connectivity index (χ4v) is 2.93. The highest BCUT2D eigenvalue weighted by Gasteiger charge is 2.30. The number of H-pyrrole nitrogens is 1. The molecule has 1 aliphatic heterocycles. The Labute approximate surface area is 146 Å². The fraction of sp³-hybridized carbons (Fsp3) is 0.588. The summed E-state index contributed by atoms with van der Waals surface area (Å²) in [5.74, 6) is 2.63. The van der Waals surface area contributed by atoms with Gasteiger partial charge in [0.25, 0.3) is 5.91 Å². The molecule has 1 aliphatic rings. The second kappa shape index (κ2) is 7.79. The Morgan fingerprint density at radius 3 is 3.12 bits per heavy atom. The van der Waals surface area contributed by atoms with Crippen LogP contribution in [0, 0.1) is 6.92 Å². The zero-order valence-corrected chi connectivity index (χ0v) is 14.9. The predicted molar refractivity (Wildman–Crippen MR) is 89.1 cm³/mol. The van der Waals surface area contributed by atoms with Crippen molar-refractivity contribution in [3.05, 3.63) is 34.8 Å². The van der Waals surface area contributed by atoms with E-state index in [2.05, 4.69) is 22.1 Å². The zero-order chi connectivity index (χ0) is 17.8. The molecular weight excluding hydrogens is 324 g/mol. The maximum absolute atomic E-state index is 12.8. The first-order valence-corrected chi connectivity index (χ1v) is 8.52. The number of nitrogens with zero attached hydrogens (tertiary/aromatic N) is 3. The Morgan fingerprint density at radius 1 is 1.52 bits per heavy atom. The second-order valence-electron chi connectivity index (χ2n) is 6.12. The molecule has 1 saturated heterocycles. The summed E-state index contributed by atoms with van der Waals surface area (Å²) in [5, 5.41) is 7.17. The molecule has 8 nitrogen and oxygen atoms in total. The van der Waals surface area contributed by atoms with Crippen LogP contribution in [0.25, 0.3) is 0 Å². The first-order valence-electron chi connectivity index (χ1n) is 8.52. The van der Waals surface area contributed by atoms with Gasteiger partial charge in [0.2, 0.25) is 0 Å². The molecule has 3 heterocycles. The van der Waals surface area contributed by atoms with Crippen molar-refractivity contribution < 1.29 is 18.7 Å². The van der Waals surface area contributed by atoms with Crippen molar-refractivity contribution in [3.8, 4) is 0 Å². The summed E-state index contributed by atoms with van der Waals surface area (Å²) in [6.45, 7) is 5.63. The predicted octanol–water partition coefficient (Wildman–Crippen LogP) is 2.02. The van der Waals surface area contributed by atoms with Gasteiger partial charge in [0.15, 0.2) is 5.82 Å². The molecule has 1 N–H and O–H groups in total. The van der Waals surface area contributed by atoms with Gasteiger partial charge < -0.3 is 18.8 Å². The lowest BCUT2D eigenvalue weighted by atomic mass is 10.2. The number of carbonyl (C=O) groups is 1. The van der Waals surface area contributed by atoms with E-state index in [1.165, 1.54) is 0 Å². The number of aromatic amines is 1. The minimum atomic E-state index is -0.315. The van der Waals surface area contributed by atoms with Gasteiger partial charge in [-0.1, -0.05) is 6.92 Å². The number of methoxy groups -OCH3 is 1. The van der Waals surface area contributed by atoms with Crippen LogP contribution in [0.15, 0.2) is 10.5 Å². The number of aromatic nitrogens is 3. The number of nitrogens with one attached hydrogen (secondary N) is 1. The monoisotopic (exact) mass is 348 g/mol. The Kier molecular flexibility index (Phi) is 5.50. The van der Waals surface area contributed by atoms with Gasteiger partial charge in [-0.2, -0.15) is 5.10 Å². The van der Waals surface area contributed by atoms with Crippen LogP contribution >= 0.6 is 0 Å². The number of amides is 1. The van der Waals surface area contributed by atoms with Crippen molar-refractivity contribution in [2.24, 2.45) is 0 Å². The largest absolute Gasteiger partial charge is 0.463 e. The van der Waals surface area contributed by atoms with Crippen LogP contribution in [0.2, 0.25) is 0 Å². The average Bonchev–Trinajstić information content (AvgIpc) is 3.22. The molecule has 136 valence electrons. The standard InChI is InChI=1S/C17H24N4O4/c1-4-5-15-18-16(20-19-15)14-9-21(6-7-24-14)17(22)13-8-12(10-23-3)25-11(13)2/h8,14H,4-7,9-10H2,1-3H3,(H,18,19,20)/t14-/m0/s1. The number of aryl methyl sites for hydroxylation is 2. The summed E-state index contributed by atoms with van der Waals surface area (Å²) in [5.41, 5.74) is 0.564. The molecule has 0 aromatic carbocycles. The topological polar surface area (TPSA) is 93.5 Å². The molecule has 0 unspecified atom stereocenters. The van der Waals surface area contributed by atoms with Crippen molar-refractivity contribution in [1.82, 2.24) is 20.1 Å². The van der Waals surface area contributed by atoms with E-state index in [1.54, 1.807) is 25.0 Å². The van der Waals surface area contributed by atoms with E-state index in [1.807, 2.05) is 0 Å². The number of carbonyl (C=O) groups excluding carboxylic acids is 1. The highest BCUT2D eigenvalue weighted by Crippen LogP contribution is 2.23. The average molecular weight is 348 g/mol. The summed E-state index contributed by atoms with van der Waals surface area (Å²) in [6, 6.07) is 1.75. The zero-order valence-electron chi connectivity index (χ0n) is 14.9. The Hall–Kier alpha value is -2.19. The molecule has 25 heavy (non-hydrogen) atoms. The third-order valence-electron chi connectivity index (χ3n) is 4.16. The van der Waals surface area contributed by atoms with Gasteiger partial charge in [0.1, 0.15) is 30.1 Å². The van der Waals surface area contributed by atoms with Gasteiger partial charge in [-0.15, -0.1) is 0 Å². The molecule has 0 bridgehead atoms. The molecule has 0 spiro atoms. The minimum Gasteiger partial charge on any atom is -0.463 e. The highest BCUT2D eigenvalue weighted by molar-refractivity contribution is 5.95. The summed E-state index contributed by atoms with van der Waals surface area (Å²) >= 11 is 0. The smallest absolute Gasteiger partial charge is 0.257 e. The van der Waals surface area contributed by atoms with E-state index in [-0.39, 0.29) is 12.0 Å². The number of morpholine rings is 1. The third-order valence-corrected chi connectivity index (χ3v) is 4.16. The van der Waals surface area contributed by atoms with Crippen LogP contribution in [0.1, 0.15) is 53.0 Å². The molecule has 0 saturated carbocycles. The van der Waals surface area contributed by atoms with E-state index in [4.69, 9.17) is 13.9 Å². The molecule has 8 heteroatoms. The Balaban J connectivity index is 1.70. The molecule has 0 aliphatic carbocycles. The third kappa shape index (κ3) is 3.91. The number of ether oxygens (including phenoxy) is 2. The van der Waals surface area contributed by atoms with E-state index >= 15 is 0 Å². The molecule has 1 atom stereocenters. The first-order chi connectivity index (χ1) is 12.1. The van der Waals surface area contributed by atoms with Crippen LogP contribution in [-0.2, 0) is 22.5 Å². The van der Waals surface area contributed by atoms with Gasteiger partial charge in [-0.3, -0.25) is 9.89 Å². The van der Waals surface area contributed by atoms with Crippen molar-refractivity contribution >= 4 is 5.91 Å². The van der Waals surface area contributed by atoms with Gasteiger partial charge in [0.05, 0.1) is 18.7 Å². The maximum atomic E-state index is 12.8. The van der Waals surface area contributed by atoms with E-state index < -0.39 is 0 Å². The quantitative estimate of drug-likeness (QED) is 0.858. The second-order valence-corrected chi connectivity index (χ2v) is 6.12. The summed E-state index contributed by atoms with van der Waals surface area (Å²) < 4.78 is 16.4. The van der Waals surface area contributed by atoms with Crippen molar-refractivity contribution in [1.29, 1.82) is 0 Å². The van der Waals surface area contributed by atoms with Crippen molar-refractivity contribution in [2.45, 2.75) is 39.4 Å². The van der Waals surface area contributed by atoms with Crippen molar-refractivity contribution in [2.75, 3.05) is 26.8 Å². The Morgan fingerprint density at radius 2 is 2.36 bits per heavy atom. The van der Waals surface area contributed by atoms with Gasteiger partial charge in [-0.25, -0.2) is 4.98 Å². The summed E-state index contributed by atoms with van der Waals surface area (Å²) in [4.78, 5) is 19.1. The van der Waals surface area contributed by atoms with Gasteiger partial charge in [0, 0.05) is 20.1 Å². The SMILES string of the molecule is CCCc1nc([C@@H]2CN(C(=O)c3cc(COC)oc3C)CCO2)n[nH]1. The Bertz CT molecular complexity index is 724. The lowest BCUT2D eigenvalue weighted by Crippen LogP contribution is -2.42. The summed E-state index contributed by atoms with van der Waals surface area (Å²) in [6.07, 6.45) is 1.53. The molecular formula is C17H24N4O4. The van der Waals surface area contributed by atoms with Gasteiger partial charge in [-0.05, 0) is 19.4 Å². The molecule has 1 amide bonds. The first kappa shape index (κ1) is 17.6. The number of hydrogen-bond acceptors (Lipinski definition) is 6. The van der Waals surface area contributed by atoms with Crippen LogP contribution in [0.5, 0.6) is 0 Å². The number of hydrogen-bond donors (Lipinski definition) is 1. The van der Waals surface area contributed by atoms with Crippen LogP contribution in [0.3, 0.4) is 0 Å². The van der Waals surface area contributed by atoms with E-state index in [0.717, 1.165) is 18.7 Å². The summed E-state index contributed by atoms with van der Waals surface area (Å²) in [7, 11) is 1.59. The molecule has 0 radical (unpaired) electrons. The van der Waals surface area contributed by atoms with Gasteiger partial charge >= 0.3 is 0 Å². The lowest BCUT2D eigenvalue weighted by molar-refractivity contribution is -0.0267. The highest BCUT2D eigenvalue weighted by atomic mass is 16.5. The molecule has 3 rings (SSSR count). The molecule has 2 aromatic heterocycles. The van der Waals surface area contributed by atoms with Crippen LogP contribution < -0.4 is 0 Å². The molecule has 2 aromatic rings. The van der Waals surface area contributed by atoms with Crippen LogP contribution in [-0.4, -0.2) is 52.8 Å². The van der Waals surface area contributed by atoms with Crippen molar-refractivity contribution in [3.63, 3.8) is 0 Å². The van der Waals surface area contributed by atoms with E-state index in [0.29, 0.717) is 49.2 Å². The normalized spacial score (nSPS) is 17.9.